The Bertz CT molecular complexity index is 1420. The third-order valence-electron chi connectivity index (χ3n) is 5.64. The summed E-state index contributed by atoms with van der Waals surface area (Å²) in [5.74, 6) is -1.32. The smallest absolute Gasteiger partial charge is 0.335 e. The van der Waals surface area contributed by atoms with E-state index < -0.39 is 17.8 Å². The molecule has 9 heteroatoms. The minimum atomic E-state index is -0.845. The Hall–Kier alpha value is -3.24. The molecule has 4 amide bonds. The number of carbonyl (C=O) groups is 3. The summed E-state index contributed by atoms with van der Waals surface area (Å²) in [6.07, 6.45) is 1.87. The monoisotopic (exact) mass is 618 g/mol. The van der Waals surface area contributed by atoms with Crippen LogP contribution in [0.5, 0.6) is 5.75 Å². The van der Waals surface area contributed by atoms with Crippen LogP contribution in [-0.4, -0.2) is 24.5 Å². The van der Waals surface area contributed by atoms with Gasteiger partial charge in [0.2, 0.25) is 0 Å². The van der Waals surface area contributed by atoms with Gasteiger partial charge in [0.25, 0.3) is 11.8 Å². The first kappa shape index (κ1) is 25.8. The number of nitrogens with one attached hydrogen (secondary N) is 1. The second-order valence-electron chi connectivity index (χ2n) is 8.06. The van der Waals surface area contributed by atoms with Crippen LogP contribution in [-0.2, 0) is 16.0 Å². The highest BCUT2D eigenvalue weighted by molar-refractivity contribution is 14.1. The van der Waals surface area contributed by atoms with Gasteiger partial charge in [0.05, 0.1) is 12.3 Å². The maximum atomic E-state index is 13.7. The van der Waals surface area contributed by atoms with Crippen molar-refractivity contribution >= 4 is 63.8 Å². The minimum Gasteiger partial charge on any atom is -0.494 e. The molecule has 4 rings (SSSR count). The maximum absolute atomic E-state index is 13.7. The molecule has 3 aromatic carbocycles. The molecule has 1 aliphatic heterocycles. The molecule has 0 saturated carbocycles. The molecule has 1 N–H and O–H groups in total. The van der Waals surface area contributed by atoms with Gasteiger partial charge in [-0.05, 0) is 95.6 Å². The van der Waals surface area contributed by atoms with Crippen molar-refractivity contribution in [3.63, 3.8) is 0 Å². The zero-order valence-corrected chi connectivity index (χ0v) is 22.3. The molecule has 0 spiro atoms. The number of halogens is 3. The van der Waals surface area contributed by atoms with Crippen molar-refractivity contribution in [3.05, 3.63) is 96.8 Å². The molecule has 3 aromatic rings. The lowest BCUT2D eigenvalue weighted by atomic mass is 10.00. The standard InChI is InChI=1S/C27H21ClFIN2O4/c1-3-36-24-14-17(13-22(30)19(24)11-16-6-4-7-18(29)10-16)12-20-25(33)31-27(35)32(26(20)34)23-9-5-8-21(28)15(23)2/h4-10,12-14H,3,11H2,1-2H3,(H,31,33,35)/b20-12+. The largest absolute Gasteiger partial charge is 0.494 e. The highest BCUT2D eigenvalue weighted by atomic mass is 127. The summed E-state index contributed by atoms with van der Waals surface area (Å²) in [5.41, 5.74) is 2.81. The summed E-state index contributed by atoms with van der Waals surface area (Å²) in [5, 5.41) is 2.62. The lowest BCUT2D eigenvalue weighted by Gasteiger charge is -2.27. The van der Waals surface area contributed by atoms with Gasteiger partial charge in [0, 0.05) is 20.6 Å². The predicted molar refractivity (Wildman–Crippen MR) is 145 cm³/mol. The second-order valence-corrected chi connectivity index (χ2v) is 9.63. The average Bonchev–Trinajstić information content (AvgIpc) is 2.82. The molecule has 0 aliphatic carbocycles. The number of anilines is 1. The summed E-state index contributed by atoms with van der Waals surface area (Å²) in [6, 6.07) is 13.9. The van der Waals surface area contributed by atoms with Gasteiger partial charge in [-0.2, -0.15) is 0 Å². The molecular formula is C27H21ClFIN2O4. The zero-order valence-electron chi connectivity index (χ0n) is 19.4. The number of hydrogen-bond acceptors (Lipinski definition) is 4. The van der Waals surface area contributed by atoms with Gasteiger partial charge in [-0.25, -0.2) is 14.1 Å². The van der Waals surface area contributed by atoms with Crippen molar-refractivity contribution in [2.45, 2.75) is 20.3 Å². The highest BCUT2D eigenvalue weighted by Gasteiger charge is 2.37. The number of imide groups is 2. The number of hydrogen-bond donors (Lipinski definition) is 1. The fourth-order valence-corrected chi connectivity index (χ4v) is 4.89. The van der Waals surface area contributed by atoms with Crippen LogP contribution in [0.15, 0.2) is 60.2 Å². The quantitative estimate of drug-likeness (QED) is 0.208. The molecule has 1 aliphatic rings. The number of benzene rings is 3. The third kappa shape index (κ3) is 5.29. The first-order chi connectivity index (χ1) is 17.2. The first-order valence-corrected chi connectivity index (χ1v) is 12.5. The summed E-state index contributed by atoms with van der Waals surface area (Å²) in [4.78, 5) is 39.4. The van der Waals surface area contributed by atoms with Crippen LogP contribution < -0.4 is 15.0 Å². The maximum Gasteiger partial charge on any atom is 0.335 e. The van der Waals surface area contributed by atoms with Gasteiger partial charge in [0.15, 0.2) is 0 Å². The molecule has 1 heterocycles. The topological polar surface area (TPSA) is 75.7 Å². The minimum absolute atomic E-state index is 0.204. The number of nitrogens with zero attached hydrogens (tertiary/aromatic N) is 1. The van der Waals surface area contributed by atoms with Gasteiger partial charge < -0.3 is 4.74 Å². The Morgan fingerprint density at radius 1 is 1.11 bits per heavy atom. The van der Waals surface area contributed by atoms with E-state index in [2.05, 4.69) is 27.9 Å². The number of ether oxygens (including phenoxy) is 1. The molecule has 0 bridgehead atoms. The summed E-state index contributed by atoms with van der Waals surface area (Å²) in [7, 11) is 0. The number of urea groups is 1. The van der Waals surface area contributed by atoms with Crippen molar-refractivity contribution in [2.75, 3.05) is 11.5 Å². The molecule has 6 nitrogen and oxygen atoms in total. The molecule has 184 valence electrons. The first-order valence-electron chi connectivity index (χ1n) is 11.1. The molecule has 0 aromatic heterocycles. The van der Waals surface area contributed by atoms with Crippen molar-refractivity contribution < 1.29 is 23.5 Å². The lowest BCUT2D eigenvalue weighted by Crippen LogP contribution is -2.54. The van der Waals surface area contributed by atoms with Crippen LogP contribution in [0.4, 0.5) is 14.9 Å². The third-order valence-corrected chi connectivity index (χ3v) is 7.01. The molecule has 1 fully saturated rings. The van der Waals surface area contributed by atoms with Crippen LogP contribution >= 0.6 is 34.2 Å². The van der Waals surface area contributed by atoms with E-state index >= 15 is 0 Å². The Labute approximate surface area is 226 Å². The highest BCUT2D eigenvalue weighted by Crippen LogP contribution is 2.32. The van der Waals surface area contributed by atoms with E-state index in [1.165, 1.54) is 18.2 Å². The number of carbonyl (C=O) groups excluding carboxylic acids is 3. The van der Waals surface area contributed by atoms with Crippen LogP contribution in [0.3, 0.4) is 0 Å². The van der Waals surface area contributed by atoms with E-state index in [1.807, 2.05) is 13.0 Å². The summed E-state index contributed by atoms with van der Waals surface area (Å²) < 4.78 is 20.4. The van der Waals surface area contributed by atoms with Crippen LogP contribution in [0.25, 0.3) is 6.08 Å². The van der Waals surface area contributed by atoms with Crippen LogP contribution in [0.2, 0.25) is 5.02 Å². The van der Waals surface area contributed by atoms with Crippen LogP contribution in [0, 0.1) is 16.3 Å². The normalized spacial score (nSPS) is 14.9. The van der Waals surface area contributed by atoms with Gasteiger partial charge >= 0.3 is 6.03 Å². The molecule has 0 radical (unpaired) electrons. The van der Waals surface area contributed by atoms with Gasteiger partial charge in [-0.3, -0.25) is 14.9 Å². The Morgan fingerprint density at radius 2 is 1.86 bits per heavy atom. The summed E-state index contributed by atoms with van der Waals surface area (Å²) >= 11 is 8.33. The van der Waals surface area contributed by atoms with Crippen molar-refractivity contribution in [2.24, 2.45) is 0 Å². The van der Waals surface area contributed by atoms with E-state index in [0.717, 1.165) is 19.6 Å². The Balaban J connectivity index is 1.74. The van der Waals surface area contributed by atoms with E-state index in [1.54, 1.807) is 43.3 Å². The number of amides is 4. The average molecular weight is 619 g/mol. The predicted octanol–water partition coefficient (Wildman–Crippen LogP) is 6.05. The number of rotatable bonds is 6. The van der Waals surface area contributed by atoms with E-state index in [0.29, 0.717) is 40.6 Å². The van der Waals surface area contributed by atoms with Crippen molar-refractivity contribution in [3.8, 4) is 5.75 Å². The van der Waals surface area contributed by atoms with Gasteiger partial charge in [0.1, 0.15) is 17.1 Å². The van der Waals surface area contributed by atoms with E-state index in [-0.39, 0.29) is 11.4 Å². The zero-order chi connectivity index (χ0) is 26.0. The fraction of sp³-hybridized carbons (Fsp3) is 0.148. The number of barbiturate groups is 1. The SMILES string of the molecule is CCOc1cc(/C=C2\C(=O)NC(=O)N(c3cccc(Cl)c3C)C2=O)cc(I)c1Cc1cccc(F)c1. The fourth-order valence-electron chi connectivity index (χ4n) is 3.90. The molecule has 1 saturated heterocycles. The van der Waals surface area contributed by atoms with E-state index in [9.17, 15) is 18.8 Å². The van der Waals surface area contributed by atoms with Gasteiger partial charge in [-0.15, -0.1) is 0 Å². The van der Waals surface area contributed by atoms with Gasteiger partial charge in [-0.1, -0.05) is 29.8 Å². The Kier molecular flexibility index (Phi) is 7.75. The van der Waals surface area contributed by atoms with Crippen molar-refractivity contribution in [1.29, 1.82) is 0 Å². The van der Waals surface area contributed by atoms with E-state index in [4.69, 9.17) is 16.3 Å². The van der Waals surface area contributed by atoms with Crippen molar-refractivity contribution in [1.82, 2.24) is 5.32 Å². The lowest BCUT2D eigenvalue weighted by molar-refractivity contribution is -0.122. The second kappa shape index (κ2) is 10.8. The van der Waals surface area contributed by atoms with Crippen LogP contribution in [0.1, 0.15) is 29.2 Å². The Morgan fingerprint density at radius 3 is 2.58 bits per heavy atom. The molecule has 0 atom stereocenters. The molecule has 36 heavy (non-hydrogen) atoms. The molecular weight excluding hydrogens is 598 g/mol. The molecule has 0 unspecified atom stereocenters. The summed E-state index contributed by atoms with van der Waals surface area (Å²) in [6.45, 7) is 3.92.